The van der Waals surface area contributed by atoms with Crippen LogP contribution in [0.2, 0.25) is 10.0 Å². The van der Waals surface area contributed by atoms with Gasteiger partial charge in [0.1, 0.15) is 12.4 Å². The lowest BCUT2D eigenvalue weighted by Gasteiger charge is -2.20. The van der Waals surface area contributed by atoms with Crippen molar-refractivity contribution >= 4 is 29.1 Å². The van der Waals surface area contributed by atoms with E-state index >= 15 is 0 Å². The number of hydrogen-bond acceptors (Lipinski definition) is 3. The molecule has 1 N–H and O–H groups in total. The molecule has 0 saturated carbocycles. The van der Waals surface area contributed by atoms with Crippen molar-refractivity contribution in [3.8, 4) is 11.4 Å². The Labute approximate surface area is 139 Å². The van der Waals surface area contributed by atoms with Crippen molar-refractivity contribution in [1.82, 2.24) is 20.1 Å². The number of amides is 1. The summed E-state index contributed by atoms with van der Waals surface area (Å²) in [4.78, 5) is 16.5. The summed E-state index contributed by atoms with van der Waals surface area (Å²) in [5.74, 6) is 1.04. The summed E-state index contributed by atoms with van der Waals surface area (Å²) >= 11 is 12.0. The van der Waals surface area contributed by atoms with Gasteiger partial charge in [-0.2, -0.15) is 5.10 Å². The smallest absolute Gasteiger partial charge is 0.242 e. The summed E-state index contributed by atoms with van der Waals surface area (Å²) in [5.41, 5.74) is 0.467. The molecular weight excluding hydrogens is 323 g/mol. The van der Waals surface area contributed by atoms with E-state index in [1.807, 2.05) is 20.8 Å². The van der Waals surface area contributed by atoms with Crippen LogP contribution in [0.5, 0.6) is 0 Å². The third-order valence-corrected chi connectivity index (χ3v) is 3.50. The molecule has 0 unspecified atom stereocenters. The zero-order valence-electron chi connectivity index (χ0n) is 12.9. The zero-order valence-corrected chi connectivity index (χ0v) is 14.5. The van der Waals surface area contributed by atoms with E-state index in [9.17, 15) is 4.79 Å². The second-order valence-electron chi connectivity index (χ2n) is 6.07. The number of carbonyl (C=O) groups excluding carboxylic acids is 1. The van der Waals surface area contributed by atoms with Crippen LogP contribution in [-0.2, 0) is 11.3 Å². The molecule has 1 amide bonds. The monoisotopic (exact) mass is 340 g/mol. The van der Waals surface area contributed by atoms with E-state index < -0.39 is 0 Å². The molecular formula is C15H18Cl2N4O. The second-order valence-corrected chi connectivity index (χ2v) is 6.88. The summed E-state index contributed by atoms with van der Waals surface area (Å²) in [6.07, 6.45) is 0. The molecule has 1 aromatic heterocycles. The molecule has 1 aromatic carbocycles. The van der Waals surface area contributed by atoms with E-state index in [2.05, 4.69) is 15.4 Å². The maximum absolute atomic E-state index is 12.1. The third kappa shape index (κ3) is 4.21. The van der Waals surface area contributed by atoms with Crippen LogP contribution in [-0.4, -0.2) is 26.2 Å². The fraction of sp³-hybridized carbons (Fsp3) is 0.400. The summed E-state index contributed by atoms with van der Waals surface area (Å²) < 4.78 is 1.57. The normalized spacial score (nSPS) is 11.5. The van der Waals surface area contributed by atoms with Gasteiger partial charge >= 0.3 is 0 Å². The fourth-order valence-electron chi connectivity index (χ4n) is 2.01. The number of nitrogens with one attached hydrogen (secondary N) is 1. The van der Waals surface area contributed by atoms with Gasteiger partial charge in [0, 0.05) is 11.1 Å². The minimum absolute atomic E-state index is 0.0910. The summed E-state index contributed by atoms with van der Waals surface area (Å²) in [6.45, 7) is 7.65. The van der Waals surface area contributed by atoms with Crippen molar-refractivity contribution in [2.75, 3.05) is 0 Å². The SMILES string of the molecule is Cc1nc(-c2ccc(Cl)c(Cl)c2)n(CC(=O)NC(C)(C)C)n1. The summed E-state index contributed by atoms with van der Waals surface area (Å²) in [7, 11) is 0. The van der Waals surface area contributed by atoms with Gasteiger partial charge in [0.2, 0.25) is 5.91 Å². The molecule has 0 fully saturated rings. The highest BCUT2D eigenvalue weighted by Crippen LogP contribution is 2.27. The molecule has 5 nitrogen and oxygen atoms in total. The molecule has 0 aliphatic heterocycles. The Bertz CT molecular complexity index is 704. The molecule has 0 saturated heterocycles. The van der Waals surface area contributed by atoms with Crippen molar-refractivity contribution in [3.63, 3.8) is 0 Å². The van der Waals surface area contributed by atoms with Gasteiger partial charge in [-0.15, -0.1) is 0 Å². The molecule has 0 aliphatic carbocycles. The average molecular weight is 341 g/mol. The number of hydrogen-bond donors (Lipinski definition) is 1. The van der Waals surface area contributed by atoms with Crippen LogP contribution in [0.4, 0.5) is 0 Å². The number of halogens is 2. The summed E-state index contributed by atoms with van der Waals surface area (Å²) in [6, 6.07) is 5.21. The van der Waals surface area contributed by atoms with Crippen molar-refractivity contribution in [3.05, 3.63) is 34.1 Å². The minimum atomic E-state index is -0.295. The lowest BCUT2D eigenvalue weighted by atomic mass is 10.1. The van der Waals surface area contributed by atoms with E-state index in [1.165, 1.54) is 0 Å². The first-order valence-electron chi connectivity index (χ1n) is 6.83. The van der Waals surface area contributed by atoms with Gasteiger partial charge in [-0.1, -0.05) is 23.2 Å². The maximum atomic E-state index is 12.1. The van der Waals surface area contributed by atoms with Gasteiger partial charge < -0.3 is 5.32 Å². The molecule has 0 radical (unpaired) electrons. The number of carbonyl (C=O) groups is 1. The molecule has 0 spiro atoms. The Morgan fingerprint density at radius 3 is 2.55 bits per heavy atom. The van der Waals surface area contributed by atoms with Crippen LogP contribution in [0.15, 0.2) is 18.2 Å². The van der Waals surface area contributed by atoms with Crippen LogP contribution in [0, 0.1) is 6.92 Å². The molecule has 0 bridgehead atoms. The van der Waals surface area contributed by atoms with Gasteiger partial charge in [-0.25, -0.2) is 9.67 Å². The van der Waals surface area contributed by atoms with Gasteiger partial charge in [-0.3, -0.25) is 4.79 Å². The van der Waals surface area contributed by atoms with Crippen LogP contribution in [0.25, 0.3) is 11.4 Å². The number of benzene rings is 1. The quantitative estimate of drug-likeness (QED) is 0.930. The topological polar surface area (TPSA) is 59.8 Å². The first-order chi connectivity index (χ1) is 10.2. The minimum Gasteiger partial charge on any atom is -0.350 e. The molecule has 7 heteroatoms. The van der Waals surface area contributed by atoms with Crippen molar-refractivity contribution in [2.24, 2.45) is 0 Å². The Kier molecular flexibility index (Phi) is 4.78. The van der Waals surface area contributed by atoms with E-state index in [-0.39, 0.29) is 18.0 Å². The molecule has 2 aromatic rings. The predicted molar refractivity (Wildman–Crippen MR) is 88.1 cm³/mol. The zero-order chi connectivity index (χ0) is 16.5. The standard InChI is InChI=1S/C15H18Cl2N4O/c1-9-18-14(10-5-6-11(16)12(17)7-10)21(20-9)8-13(22)19-15(2,3)4/h5-7H,8H2,1-4H3,(H,19,22). The lowest BCUT2D eigenvalue weighted by Crippen LogP contribution is -2.42. The molecule has 2 rings (SSSR count). The molecule has 22 heavy (non-hydrogen) atoms. The van der Waals surface area contributed by atoms with Crippen molar-refractivity contribution in [1.29, 1.82) is 0 Å². The largest absolute Gasteiger partial charge is 0.350 e. The molecule has 1 heterocycles. The lowest BCUT2D eigenvalue weighted by molar-refractivity contribution is -0.123. The highest BCUT2D eigenvalue weighted by molar-refractivity contribution is 6.42. The van der Waals surface area contributed by atoms with Gasteiger partial charge in [0.15, 0.2) is 5.82 Å². The van der Waals surface area contributed by atoms with Crippen LogP contribution in [0.3, 0.4) is 0 Å². The predicted octanol–water partition coefficient (Wildman–Crippen LogP) is 3.48. The van der Waals surface area contributed by atoms with Crippen molar-refractivity contribution < 1.29 is 4.79 Å². The fourth-order valence-corrected chi connectivity index (χ4v) is 2.31. The van der Waals surface area contributed by atoms with Crippen LogP contribution >= 0.6 is 23.2 Å². The van der Waals surface area contributed by atoms with Crippen LogP contribution in [0.1, 0.15) is 26.6 Å². The van der Waals surface area contributed by atoms with E-state index in [0.29, 0.717) is 21.7 Å². The molecule has 0 atom stereocenters. The van der Waals surface area contributed by atoms with E-state index in [1.54, 1.807) is 29.8 Å². The number of aromatic nitrogens is 3. The Morgan fingerprint density at radius 2 is 1.95 bits per heavy atom. The van der Waals surface area contributed by atoms with Gasteiger partial charge in [0.25, 0.3) is 0 Å². The highest BCUT2D eigenvalue weighted by atomic mass is 35.5. The van der Waals surface area contributed by atoms with Crippen molar-refractivity contribution in [2.45, 2.75) is 39.8 Å². The Hall–Kier alpha value is -1.59. The Balaban J connectivity index is 2.30. The van der Waals surface area contributed by atoms with E-state index in [0.717, 1.165) is 5.56 Å². The first-order valence-corrected chi connectivity index (χ1v) is 7.59. The second kappa shape index (κ2) is 6.26. The van der Waals surface area contributed by atoms with Crippen LogP contribution < -0.4 is 5.32 Å². The molecule has 0 aliphatic rings. The maximum Gasteiger partial charge on any atom is 0.242 e. The van der Waals surface area contributed by atoms with E-state index in [4.69, 9.17) is 23.2 Å². The number of aryl methyl sites for hydroxylation is 1. The number of rotatable bonds is 3. The first kappa shape index (κ1) is 16.8. The summed E-state index contributed by atoms with van der Waals surface area (Å²) in [5, 5.41) is 8.09. The highest BCUT2D eigenvalue weighted by Gasteiger charge is 2.17. The Morgan fingerprint density at radius 1 is 1.27 bits per heavy atom. The van der Waals surface area contributed by atoms with Gasteiger partial charge in [-0.05, 0) is 45.9 Å². The van der Waals surface area contributed by atoms with Gasteiger partial charge in [0.05, 0.1) is 10.0 Å². The average Bonchev–Trinajstić information content (AvgIpc) is 2.71. The number of nitrogens with zero attached hydrogens (tertiary/aromatic N) is 3. The molecule has 118 valence electrons. The third-order valence-electron chi connectivity index (χ3n) is 2.76.